The Morgan fingerprint density at radius 1 is 1.14 bits per heavy atom. The van der Waals surface area contributed by atoms with E-state index in [1.54, 1.807) is 18.6 Å². The SMILES string of the molecule is Cc1nc(C)nc(NC(=O)NS(=O)(=O)C2=NN=CC2=O)n1. The standard InChI is InChI=1S/C9H9N7O4S/c1-4-11-5(2)13-8(12-4)14-9(18)16-21(19,20)7-6(17)3-10-15-7/h3H,1-2H3,(H2,11,12,13,14,16,18). The number of urea groups is 1. The predicted molar refractivity (Wildman–Crippen MR) is 71.3 cm³/mol. The Labute approximate surface area is 118 Å². The average molecular weight is 311 g/mol. The molecule has 0 saturated heterocycles. The van der Waals surface area contributed by atoms with Crippen LogP contribution in [-0.4, -0.2) is 46.4 Å². The van der Waals surface area contributed by atoms with E-state index in [0.717, 1.165) is 6.21 Å². The van der Waals surface area contributed by atoms with Crippen LogP contribution in [0.1, 0.15) is 11.6 Å². The Hall–Kier alpha value is -2.76. The first-order valence-electron chi connectivity index (χ1n) is 5.46. The van der Waals surface area contributed by atoms with E-state index < -0.39 is 26.9 Å². The lowest BCUT2D eigenvalue weighted by atomic mass is 10.5. The highest BCUT2D eigenvalue weighted by atomic mass is 32.2. The van der Waals surface area contributed by atoms with Gasteiger partial charge in [0.1, 0.15) is 17.9 Å². The van der Waals surface area contributed by atoms with Crippen molar-refractivity contribution in [2.75, 3.05) is 5.32 Å². The summed E-state index contributed by atoms with van der Waals surface area (Å²) in [4.78, 5) is 34.3. The van der Waals surface area contributed by atoms with E-state index in [1.165, 1.54) is 0 Å². The fourth-order valence-electron chi connectivity index (χ4n) is 1.39. The average Bonchev–Trinajstić information content (AvgIpc) is 2.73. The maximum Gasteiger partial charge on any atom is 0.335 e. The first kappa shape index (κ1) is 14.6. The molecule has 2 heterocycles. The van der Waals surface area contributed by atoms with E-state index >= 15 is 0 Å². The molecule has 0 aromatic carbocycles. The van der Waals surface area contributed by atoms with Crippen molar-refractivity contribution in [2.24, 2.45) is 10.2 Å². The molecule has 0 bridgehead atoms. The molecule has 21 heavy (non-hydrogen) atoms. The fourth-order valence-corrected chi connectivity index (χ4v) is 2.26. The molecule has 110 valence electrons. The lowest BCUT2D eigenvalue weighted by molar-refractivity contribution is -0.106. The summed E-state index contributed by atoms with van der Waals surface area (Å²) >= 11 is 0. The molecule has 0 aliphatic carbocycles. The summed E-state index contributed by atoms with van der Waals surface area (Å²) in [6, 6.07) is -1.14. The van der Waals surface area contributed by atoms with Crippen LogP contribution >= 0.6 is 0 Å². The van der Waals surface area contributed by atoms with Crippen LogP contribution in [0.4, 0.5) is 10.7 Å². The van der Waals surface area contributed by atoms with E-state index in [-0.39, 0.29) is 5.95 Å². The van der Waals surface area contributed by atoms with Crippen LogP contribution in [-0.2, 0) is 14.8 Å². The van der Waals surface area contributed by atoms with Gasteiger partial charge in [0.25, 0.3) is 10.0 Å². The van der Waals surface area contributed by atoms with E-state index in [4.69, 9.17) is 0 Å². The van der Waals surface area contributed by atoms with Gasteiger partial charge in [0.15, 0.2) is 0 Å². The van der Waals surface area contributed by atoms with Crippen molar-refractivity contribution in [3.8, 4) is 0 Å². The maximum absolute atomic E-state index is 11.7. The monoisotopic (exact) mass is 311 g/mol. The summed E-state index contributed by atoms with van der Waals surface area (Å²) in [6.45, 7) is 3.16. The van der Waals surface area contributed by atoms with Gasteiger partial charge in [0.2, 0.25) is 16.8 Å². The van der Waals surface area contributed by atoms with Crippen LogP contribution in [0, 0.1) is 13.8 Å². The summed E-state index contributed by atoms with van der Waals surface area (Å²) in [7, 11) is -4.41. The second-order valence-corrected chi connectivity index (χ2v) is 5.42. The van der Waals surface area contributed by atoms with Gasteiger partial charge < -0.3 is 0 Å². The summed E-state index contributed by atoms with van der Waals surface area (Å²) in [5, 5.41) is 7.56. The first-order chi connectivity index (χ1) is 9.78. The second kappa shape index (κ2) is 5.32. The molecule has 2 amide bonds. The molecule has 12 heteroatoms. The number of Topliss-reactive ketones (excluding diaryl/α,β-unsaturated/α-hetero) is 1. The number of hydrogen-bond acceptors (Lipinski definition) is 9. The third-order valence-corrected chi connectivity index (χ3v) is 3.35. The number of hydrogen-bond donors (Lipinski definition) is 2. The molecule has 0 fully saturated rings. The normalized spacial score (nSPS) is 14.0. The molecule has 0 saturated carbocycles. The minimum Gasteiger partial charge on any atom is -0.285 e. The predicted octanol–water partition coefficient (Wildman–Crippen LogP) is -1.09. The number of amides is 2. The highest BCUT2D eigenvalue weighted by Crippen LogP contribution is 2.02. The number of anilines is 1. The number of carbonyl (C=O) groups is 2. The highest BCUT2D eigenvalue weighted by Gasteiger charge is 2.30. The Bertz CT molecular complexity index is 763. The van der Waals surface area contributed by atoms with E-state index in [9.17, 15) is 18.0 Å². The third-order valence-electron chi connectivity index (χ3n) is 2.10. The second-order valence-electron chi connectivity index (χ2n) is 3.83. The van der Waals surface area contributed by atoms with Crippen molar-refractivity contribution in [1.29, 1.82) is 0 Å². The number of rotatable bonds is 1. The van der Waals surface area contributed by atoms with Gasteiger partial charge in [-0.2, -0.15) is 23.5 Å². The van der Waals surface area contributed by atoms with E-state index in [2.05, 4.69) is 30.5 Å². The summed E-state index contributed by atoms with van der Waals surface area (Å²) in [5.74, 6) is -0.334. The van der Waals surface area contributed by atoms with Gasteiger partial charge in [-0.25, -0.2) is 14.5 Å². The molecule has 2 N–H and O–H groups in total. The van der Waals surface area contributed by atoms with Crippen LogP contribution < -0.4 is 10.0 Å². The van der Waals surface area contributed by atoms with Gasteiger partial charge in [-0.3, -0.25) is 10.1 Å². The lowest BCUT2D eigenvalue weighted by Gasteiger charge is -2.07. The summed E-state index contributed by atoms with van der Waals surface area (Å²) in [5.41, 5.74) is 0. The first-order valence-corrected chi connectivity index (χ1v) is 6.95. The largest absolute Gasteiger partial charge is 0.335 e. The fraction of sp³-hybridized carbons (Fsp3) is 0.222. The number of sulfonamides is 1. The van der Waals surface area contributed by atoms with Crippen molar-refractivity contribution < 1.29 is 18.0 Å². The van der Waals surface area contributed by atoms with Crippen molar-refractivity contribution in [2.45, 2.75) is 13.8 Å². The number of nitrogens with zero attached hydrogens (tertiary/aromatic N) is 5. The molecule has 0 spiro atoms. The molecule has 1 aromatic rings. The quantitative estimate of drug-likeness (QED) is 0.667. The minimum atomic E-state index is -4.41. The van der Waals surface area contributed by atoms with Gasteiger partial charge in [-0.15, -0.1) is 5.10 Å². The van der Waals surface area contributed by atoms with Crippen LogP contribution in [0.2, 0.25) is 0 Å². The molecular weight excluding hydrogens is 302 g/mol. The van der Waals surface area contributed by atoms with Gasteiger partial charge in [-0.1, -0.05) is 0 Å². The van der Waals surface area contributed by atoms with E-state index in [0.29, 0.717) is 11.6 Å². The third kappa shape index (κ3) is 3.42. The number of ketones is 1. The summed E-state index contributed by atoms with van der Waals surface area (Å²) < 4.78 is 25.0. The Morgan fingerprint density at radius 3 is 2.29 bits per heavy atom. The summed E-state index contributed by atoms with van der Waals surface area (Å²) in [6.07, 6.45) is 0.727. The Balaban J connectivity index is 2.10. The van der Waals surface area contributed by atoms with E-state index in [1.807, 2.05) is 0 Å². The van der Waals surface area contributed by atoms with Crippen molar-refractivity contribution >= 4 is 39.0 Å². The Morgan fingerprint density at radius 2 is 1.76 bits per heavy atom. The van der Waals surface area contributed by atoms with Crippen LogP contribution in [0.15, 0.2) is 10.2 Å². The van der Waals surface area contributed by atoms with Gasteiger partial charge in [0, 0.05) is 0 Å². The molecular formula is C9H9N7O4S. The zero-order valence-electron chi connectivity index (χ0n) is 10.9. The smallest absolute Gasteiger partial charge is 0.285 e. The molecule has 11 nitrogen and oxygen atoms in total. The van der Waals surface area contributed by atoms with Crippen LogP contribution in [0.25, 0.3) is 0 Å². The molecule has 2 rings (SSSR count). The highest BCUT2D eigenvalue weighted by molar-refractivity contribution is 8.07. The van der Waals surface area contributed by atoms with Crippen molar-refractivity contribution in [3.05, 3.63) is 11.6 Å². The lowest BCUT2D eigenvalue weighted by Crippen LogP contribution is -2.41. The molecule has 1 aliphatic rings. The molecule has 1 aliphatic heterocycles. The number of carbonyl (C=O) groups excluding carboxylic acids is 2. The molecule has 0 unspecified atom stereocenters. The minimum absolute atomic E-state index is 0.122. The molecule has 0 radical (unpaired) electrons. The zero-order valence-corrected chi connectivity index (χ0v) is 11.7. The number of aryl methyl sites for hydroxylation is 2. The topological polar surface area (TPSA) is 156 Å². The number of nitrogens with one attached hydrogen (secondary N) is 2. The van der Waals surface area contributed by atoms with Gasteiger partial charge in [-0.05, 0) is 13.8 Å². The van der Waals surface area contributed by atoms with Gasteiger partial charge in [0.05, 0.1) is 0 Å². The van der Waals surface area contributed by atoms with Crippen LogP contribution in [0.5, 0.6) is 0 Å². The Kier molecular flexibility index (Phi) is 3.71. The number of aromatic nitrogens is 3. The van der Waals surface area contributed by atoms with Gasteiger partial charge >= 0.3 is 6.03 Å². The maximum atomic E-state index is 11.7. The van der Waals surface area contributed by atoms with Crippen LogP contribution in [0.3, 0.4) is 0 Å². The zero-order chi connectivity index (χ0) is 15.6. The van der Waals surface area contributed by atoms with Crippen molar-refractivity contribution in [3.63, 3.8) is 0 Å². The van der Waals surface area contributed by atoms with Crippen molar-refractivity contribution in [1.82, 2.24) is 19.7 Å². The molecule has 0 atom stereocenters. The molecule has 1 aromatic heterocycles.